The molecule has 174 valence electrons. The second kappa shape index (κ2) is 9.64. The zero-order chi connectivity index (χ0) is 23.7. The van der Waals surface area contributed by atoms with Gasteiger partial charge in [-0.25, -0.2) is 4.98 Å². The summed E-state index contributed by atoms with van der Waals surface area (Å²) in [6.45, 7) is 2.25. The molecule has 2 aromatic heterocycles. The number of fused-ring (bicyclic) bond motifs is 3. The molecule has 1 atom stereocenters. The van der Waals surface area contributed by atoms with E-state index >= 15 is 0 Å². The maximum atomic E-state index is 13.8. The first-order chi connectivity index (χ1) is 16.5. The van der Waals surface area contributed by atoms with E-state index in [1.165, 1.54) is 16.6 Å². The average Bonchev–Trinajstić information content (AvgIpc) is 3.21. The van der Waals surface area contributed by atoms with Crippen LogP contribution in [0.15, 0.2) is 64.5 Å². The highest BCUT2D eigenvalue weighted by Gasteiger charge is 2.25. The smallest absolute Gasteiger partial charge is 0.267 e. The van der Waals surface area contributed by atoms with E-state index < -0.39 is 0 Å². The lowest BCUT2D eigenvalue weighted by Gasteiger charge is -2.17. The van der Waals surface area contributed by atoms with Crippen molar-refractivity contribution < 1.29 is 9.53 Å². The summed E-state index contributed by atoms with van der Waals surface area (Å²) in [5.41, 5.74) is 2.46. The van der Waals surface area contributed by atoms with Crippen molar-refractivity contribution in [2.24, 2.45) is 5.92 Å². The average molecular weight is 492 g/mol. The highest BCUT2D eigenvalue weighted by molar-refractivity contribution is 7.99. The van der Waals surface area contributed by atoms with E-state index in [0.29, 0.717) is 22.5 Å². The Morgan fingerprint density at radius 2 is 1.97 bits per heavy atom. The number of thioether (sulfide) groups is 1. The predicted octanol–water partition coefficient (Wildman–Crippen LogP) is 5.31. The number of aryl methyl sites for hydroxylation is 1. The molecule has 1 N–H and O–H groups in total. The lowest BCUT2D eigenvalue weighted by Crippen LogP contribution is -2.23. The van der Waals surface area contributed by atoms with Crippen LogP contribution < -0.4 is 15.6 Å². The van der Waals surface area contributed by atoms with Crippen LogP contribution in [0.5, 0.6) is 5.75 Å². The van der Waals surface area contributed by atoms with Crippen molar-refractivity contribution in [3.63, 3.8) is 0 Å². The number of para-hydroxylation sites is 3. The van der Waals surface area contributed by atoms with E-state index in [1.807, 2.05) is 42.5 Å². The van der Waals surface area contributed by atoms with Gasteiger partial charge in [0.1, 0.15) is 10.6 Å². The molecule has 1 amide bonds. The minimum Gasteiger partial charge on any atom is -0.495 e. The Labute approximate surface area is 206 Å². The van der Waals surface area contributed by atoms with Gasteiger partial charge in [-0.15, -0.1) is 11.3 Å². The van der Waals surface area contributed by atoms with Crippen molar-refractivity contribution in [2.45, 2.75) is 31.3 Å². The summed E-state index contributed by atoms with van der Waals surface area (Å²) in [4.78, 5) is 33.5. The number of aromatic nitrogens is 2. The van der Waals surface area contributed by atoms with E-state index in [-0.39, 0.29) is 17.2 Å². The molecular formula is C26H25N3O3S2. The van der Waals surface area contributed by atoms with Crippen LogP contribution in [0.4, 0.5) is 5.69 Å². The number of carbonyl (C=O) groups is 1. The summed E-state index contributed by atoms with van der Waals surface area (Å²) >= 11 is 2.89. The Morgan fingerprint density at radius 1 is 1.21 bits per heavy atom. The molecule has 0 fully saturated rings. The van der Waals surface area contributed by atoms with Gasteiger partial charge in [0.25, 0.3) is 5.56 Å². The molecule has 34 heavy (non-hydrogen) atoms. The number of anilines is 1. The molecule has 4 aromatic rings. The number of hydrogen-bond donors (Lipinski definition) is 1. The Kier molecular flexibility index (Phi) is 6.43. The SMILES string of the molecule is COc1ccccc1NC(=O)CSc1nc2sc3c(c2c(=O)n1-c1ccccc1)CCC(C)C3. The fourth-order valence-corrected chi connectivity index (χ4v) is 6.57. The van der Waals surface area contributed by atoms with Crippen LogP contribution in [-0.2, 0) is 17.6 Å². The molecule has 8 heteroatoms. The number of amides is 1. The quantitative estimate of drug-likeness (QED) is 0.292. The molecule has 1 unspecified atom stereocenters. The first kappa shape index (κ1) is 22.7. The standard InChI is InChI=1S/C26H25N3O3S2/c1-16-12-13-18-21(14-16)34-24-23(18)25(31)29(17-8-4-3-5-9-17)26(28-24)33-15-22(30)27-19-10-6-7-11-20(19)32-2/h3-11,16H,12-15H2,1-2H3,(H,27,30). The van der Waals surface area contributed by atoms with Gasteiger partial charge in [0, 0.05) is 4.88 Å². The van der Waals surface area contributed by atoms with Gasteiger partial charge in [-0.05, 0) is 55.0 Å². The third kappa shape index (κ3) is 4.35. The predicted molar refractivity (Wildman–Crippen MR) is 139 cm³/mol. The number of nitrogens with one attached hydrogen (secondary N) is 1. The molecular weight excluding hydrogens is 466 g/mol. The molecule has 1 aliphatic carbocycles. The Balaban J connectivity index is 1.51. The number of ether oxygens (including phenoxy) is 1. The van der Waals surface area contributed by atoms with Crippen molar-refractivity contribution in [3.8, 4) is 11.4 Å². The third-order valence-electron chi connectivity index (χ3n) is 6.03. The summed E-state index contributed by atoms with van der Waals surface area (Å²) in [6.07, 6.45) is 2.99. The lowest BCUT2D eigenvalue weighted by atomic mass is 9.89. The number of benzene rings is 2. The molecule has 0 bridgehead atoms. The first-order valence-electron chi connectivity index (χ1n) is 11.2. The van der Waals surface area contributed by atoms with Gasteiger partial charge >= 0.3 is 0 Å². The minimum atomic E-state index is -0.192. The van der Waals surface area contributed by atoms with Crippen LogP contribution in [0, 0.1) is 5.92 Å². The molecule has 0 saturated carbocycles. The van der Waals surface area contributed by atoms with Crippen molar-refractivity contribution in [1.29, 1.82) is 0 Å². The van der Waals surface area contributed by atoms with Crippen molar-refractivity contribution in [2.75, 3.05) is 18.2 Å². The fraction of sp³-hybridized carbons (Fsp3) is 0.269. The molecule has 0 radical (unpaired) electrons. The van der Waals surface area contributed by atoms with E-state index in [1.54, 1.807) is 35.1 Å². The van der Waals surface area contributed by atoms with Gasteiger partial charge in [-0.2, -0.15) is 0 Å². The zero-order valence-electron chi connectivity index (χ0n) is 19.0. The monoisotopic (exact) mass is 491 g/mol. The van der Waals surface area contributed by atoms with Gasteiger partial charge in [0.15, 0.2) is 5.16 Å². The van der Waals surface area contributed by atoms with Gasteiger partial charge in [-0.1, -0.05) is 49.0 Å². The van der Waals surface area contributed by atoms with Gasteiger partial charge < -0.3 is 10.1 Å². The Hall–Kier alpha value is -3.10. The van der Waals surface area contributed by atoms with Crippen LogP contribution in [-0.4, -0.2) is 28.3 Å². The van der Waals surface area contributed by atoms with E-state index in [9.17, 15) is 9.59 Å². The van der Waals surface area contributed by atoms with Gasteiger partial charge in [0.05, 0.1) is 29.6 Å². The normalized spacial score (nSPS) is 15.2. The molecule has 6 nitrogen and oxygen atoms in total. The van der Waals surface area contributed by atoms with Crippen LogP contribution in [0.3, 0.4) is 0 Å². The Morgan fingerprint density at radius 3 is 2.76 bits per heavy atom. The number of thiophene rings is 1. The number of carbonyl (C=O) groups excluding carboxylic acids is 1. The number of hydrogen-bond acceptors (Lipinski definition) is 6. The second-order valence-corrected chi connectivity index (χ2v) is 10.5. The first-order valence-corrected chi connectivity index (χ1v) is 13.0. The minimum absolute atomic E-state index is 0.0594. The molecule has 2 heterocycles. The highest BCUT2D eigenvalue weighted by atomic mass is 32.2. The number of nitrogens with zero attached hydrogens (tertiary/aromatic N) is 2. The van der Waals surface area contributed by atoms with E-state index in [2.05, 4.69) is 12.2 Å². The topological polar surface area (TPSA) is 73.2 Å². The highest BCUT2D eigenvalue weighted by Crippen LogP contribution is 2.37. The summed E-state index contributed by atoms with van der Waals surface area (Å²) in [5.74, 6) is 1.14. The maximum absolute atomic E-state index is 13.8. The maximum Gasteiger partial charge on any atom is 0.267 e. The summed E-state index contributed by atoms with van der Waals surface area (Å²) in [7, 11) is 1.57. The summed E-state index contributed by atoms with van der Waals surface area (Å²) < 4.78 is 6.97. The largest absolute Gasteiger partial charge is 0.495 e. The van der Waals surface area contributed by atoms with Crippen LogP contribution in [0.1, 0.15) is 23.8 Å². The molecule has 0 aliphatic heterocycles. The zero-order valence-corrected chi connectivity index (χ0v) is 20.7. The Bertz CT molecular complexity index is 1410. The second-order valence-electron chi connectivity index (χ2n) is 8.44. The van der Waals surface area contributed by atoms with Gasteiger partial charge in [-0.3, -0.25) is 14.2 Å². The molecule has 1 aliphatic rings. The van der Waals surface area contributed by atoms with E-state index in [4.69, 9.17) is 9.72 Å². The van der Waals surface area contributed by atoms with Crippen LogP contribution in [0.2, 0.25) is 0 Å². The molecule has 5 rings (SSSR count). The third-order valence-corrected chi connectivity index (χ3v) is 8.11. The van der Waals surface area contributed by atoms with Crippen LogP contribution >= 0.6 is 23.1 Å². The van der Waals surface area contributed by atoms with Crippen molar-refractivity contribution in [1.82, 2.24) is 9.55 Å². The van der Waals surface area contributed by atoms with Crippen molar-refractivity contribution in [3.05, 3.63) is 75.4 Å². The summed E-state index contributed by atoms with van der Waals surface area (Å²) in [5, 5.41) is 4.14. The van der Waals surface area contributed by atoms with E-state index in [0.717, 1.165) is 40.7 Å². The number of rotatable bonds is 6. The summed E-state index contributed by atoms with van der Waals surface area (Å²) in [6, 6.07) is 16.8. The van der Waals surface area contributed by atoms with Crippen LogP contribution in [0.25, 0.3) is 15.9 Å². The lowest BCUT2D eigenvalue weighted by molar-refractivity contribution is -0.113. The van der Waals surface area contributed by atoms with Crippen molar-refractivity contribution >= 4 is 44.9 Å². The number of methoxy groups -OCH3 is 1. The molecule has 0 saturated heterocycles. The fourth-order valence-electron chi connectivity index (χ4n) is 4.34. The molecule has 0 spiro atoms. The van der Waals surface area contributed by atoms with Gasteiger partial charge in [0.2, 0.25) is 5.91 Å². The molecule has 2 aromatic carbocycles.